The molecule has 8 heteroatoms. The molecule has 4 aromatic carbocycles. The Morgan fingerprint density at radius 2 is 1.31 bits per heavy atom. The van der Waals surface area contributed by atoms with Crippen LogP contribution in [0.25, 0.3) is 11.2 Å². The molecule has 0 fully saturated rings. The summed E-state index contributed by atoms with van der Waals surface area (Å²) >= 11 is 6.25. The number of halogens is 1. The second kappa shape index (κ2) is 15.2. The summed E-state index contributed by atoms with van der Waals surface area (Å²) in [4.78, 5) is 13.2. The molecule has 0 aliphatic carbocycles. The number of aromatic nitrogens is 4. The van der Waals surface area contributed by atoms with Crippen molar-refractivity contribution < 1.29 is 34.1 Å². The number of hydrogen-bond acceptors (Lipinski definition) is 4. The molecule has 0 atom stereocenters. The predicted octanol–water partition coefficient (Wildman–Crippen LogP) is 6.38. The van der Waals surface area contributed by atoms with Crippen LogP contribution in [-0.2, 0) is 47.2 Å². The molecule has 0 spiro atoms. The van der Waals surface area contributed by atoms with Gasteiger partial charge in [-0.15, -0.1) is 11.1 Å². The average Bonchev–Trinajstić information content (AvgIpc) is 3.65. The second-order valence-electron chi connectivity index (χ2n) is 7.25. The van der Waals surface area contributed by atoms with Crippen molar-refractivity contribution in [3.05, 3.63) is 132 Å². The minimum absolute atomic E-state index is 0. The fourth-order valence-electron chi connectivity index (χ4n) is 3.17. The monoisotopic (exact) mass is 565 g/mol. The molecule has 0 amide bonds. The molecule has 0 radical (unpaired) electrons. The normalized spacial score (nSPS) is 9.63. The van der Waals surface area contributed by atoms with E-state index in [1.807, 2.05) is 102 Å². The smallest absolute Gasteiger partial charge is 0.225 e. The van der Waals surface area contributed by atoms with E-state index in [1.165, 1.54) is 11.1 Å². The van der Waals surface area contributed by atoms with E-state index in [1.54, 1.807) is 6.33 Å². The summed E-state index contributed by atoms with van der Waals surface area (Å²) in [7, 11) is 0. The zero-order valence-electron chi connectivity index (χ0n) is 18.8. The number of imidazole rings is 1. The van der Waals surface area contributed by atoms with Crippen LogP contribution in [0.2, 0.25) is 5.15 Å². The molecule has 1 N–H and O–H groups in total. The van der Waals surface area contributed by atoms with E-state index in [9.17, 15) is 0 Å². The van der Waals surface area contributed by atoms with Gasteiger partial charge >= 0.3 is 0 Å². The molecule has 0 unspecified atom stereocenters. The first kappa shape index (κ1) is 28.3. The molecular formula is C27H24ClFe2N5-4. The summed E-state index contributed by atoms with van der Waals surface area (Å²) in [5.74, 6) is 0.507. The SMILES string of the molecule is Clc1nc(NC[c-]2cccc2)nc2c1ncn2C[c-]1cccc1.[Fe].[Fe].c1cc[cH-]c1.c1cc[cH-]c1. The molecule has 0 saturated heterocycles. The third-order valence-corrected chi connectivity index (χ3v) is 5.06. The van der Waals surface area contributed by atoms with E-state index in [2.05, 4.69) is 32.4 Å². The molecule has 35 heavy (non-hydrogen) atoms. The minimum atomic E-state index is 0. The van der Waals surface area contributed by atoms with Gasteiger partial charge in [-0.05, 0) is 6.54 Å². The van der Waals surface area contributed by atoms with Crippen molar-refractivity contribution in [1.82, 2.24) is 19.5 Å². The van der Waals surface area contributed by atoms with Crippen molar-refractivity contribution in [3.8, 4) is 0 Å². The average molecular weight is 566 g/mol. The van der Waals surface area contributed by atoms with Crippen LogP contribution in [-0.4, -0.2) is 19.5 Å². The van der Waals surface area contributed by atoms with Gasteiger partial charge in [0.05, 0.1) is 6.33 Å². The van der Waals surface area contributed by atoms with E-state index in [-0.39, 0.29) is 34.1 Å². The first-order chi connectivity index (χ1) is 16.3. The third-order valence-electron chi connectivity index (χ3n) is 4.80. The topological polar surface area (TPSA) is 55.6 Å². The van der Waals surface area contributed by atoms with Crippen molar-refractivity contribution in [1.29, 1.82) is 0 Å². The Labute approximate surface area is 231 Å². The fourth-order valence-corrected chi connectivity index (χ4v) is 3.39. The first-order valence-electron chi connectivity index (χ1n) is 10.7. The maximum atomic E-state index is 6.25. The van der Waals surface area contributed by atoms with Crippen LogP contribution in [0.3, 0.4) is 0 Å². The van der Waals surface area contributed by atoms with E-state index in [0.717, 1.165) is 5.65 Å². The maximum Gasteiger partial charge on any atom is 0.225 e. The van der Waals surface area contributed by atoms with Crippen LogP contribution in [0.1, 0.15) is 11.1 Å². The summed E-state index contributed by atoms with van der Waals surface area (Å²) in [6.45, 7) is 1.37. The number of nitrogens with zero attached hydrogens (tertiary/aromatic N) is 4. The van der Waals surface area contributed by atoms with Crippen LogP contribution in [0.5, 0.6) is 0 Å². The maximum absolute atomic E-state index is 6.25. The third kappa shape index (κ3) is 8.66. The molecule has 5 nitrogen and oxygen atoms in total. The Morgan fingerprint density at radius 1 is 0.771 bits per heavy atom. The van der Waals surface area contributed by atoms with Gasteiger partial charge in [-0.25, -0.2) is 53.5 Å². The fraction of sp³-hybridized carbons (Fsp3) is 0.0741. The van der Waals surface area contributed by atoms with E-state index in [0.29, 0.717) is 29.7 Å². The van der Waals surface area contributed by atoms with Crippen LogP contribution in [0.4, 0.5) is 5.95 Å². The van der Waals surface area contributed by atoms with E-state index in [4.69, 9.17) is 11.6 Å². The number of anilines is 1. The van der Waals surface area contributed by atoms with Gasteiger partial charge in [0.25, 0.3) is 0 Å². The molecular weight excluding hydrogens is 541 g/mol. The summed E-state index contributed by atoms with van der Waals surface area (Å²) in [6.07, 6.45) is 1.75. The van der Waals surface area contributed by atoms with E-state index < -0.39 is 0 Å². The summed E-state index contributed by atoms with van der Waals surface area (Å²) in [5, 5.41) is 3.57. The first-order valence-corrected chi connectivity index (χ1v) is 11.0. The van der Waals surface area contributed by atoms with Gasteiger partial charge in [-0.2, -0.15) is 70.6 Å². The largest absolute Gasteiger partial charge is 0.361 e. The summed E-state index contributed by atoms with van der Waals surface area (Å²) in [5.41, 5.74) is 3.73. The van der Waals surface area contributed by atoms with Crippen molar-refractivity contribution in [3.63, 3.8) is 0 Å². The molecule has 6 rings (SSSR count). The van der Waals surface area contributed by atoms with Crippen LogP contribution >= 0.6 is 11.6 Å². The van der Waals surface area contributed by atoms with Gasteiger partial charge in [-0.1, -0.05) is 11.6 Å². The van der Waals surface area contributed by atoms with Crippen molar-refractivity contribution in [2.24, 2.45) is 0 Å². The molecule has 6 aromatic rings. The van der Waals surface area contributed by atoms with Crippen molar-refractivity contribution >= 4 is 28.7 Å². The van der Waals surface area contributed by atoms with Gasteiger partial charge in [0.15, 0.2) is 10.8 Å². The molecule has 2 heterocycles. The number of nitrogens with one attached hydrogen (secondary N) is 1. The van der Waals surface area contributed by atoms with Crippen molar-refractivity contribution in [2.75, 3.05) is 5.32 Å². The zero-order valence-corrected chi connectivity index (χ0v) is 21.7. The molecule has 0 bridgehead atoms. The number of rotatable bonds is 5. The predicted molar refractivity (Wildman–Crippen MR) is 135 cm³/mol. The van der Waals surface area contributed by atoms with Gasteiger partial charge in [0, 0.05) is 40.7 Å². The minimum Gasteiger partial charge on any atom is -0.361 e. The van der Waals surface area contributed by atoms with Crippen molar-refractivity contribution in [2.45, 2.75) is 13.1 Å². The van der Waals surface area contributed by atoms with Crippen LogP contribution in [0.15, 0.2) is 116 Å². The second-order valence-corrected chi connectivity index (χ2v) is 7.61. The summed E-state index contributed by atoms with van der Waals surface area (Å²) in [6, 6.07) is 36.3. The molecule has 184 valence electrons. The van der Waals surface area contributed by atoms with Gasteiger partial charge in [0.2, 0.25) is 5.95 Å². The van der Waals surface area contributed by atoms with Crippen LogP contribution < -0.4 is 5.32 Å². The molecule has 0 aliphatic heterocycles. The Bertz CT molecular complexity index is 1230. The molecule has 0 aliphatic rings. The molecule has 0 saturated carbocycles. The summed E-state index contributed by atoms with van der Waals surface area (Å²) < 4.78 is 1.98. The molecule has 2 aromatic heterocycles. The van der Waals surface area contributed by atoms with Gasteiger partial charge in [0.1, 0.15) is 5.52 Å². The van der Waals surface area contributed by atoms with Crippen LogP contribution in [0, 0.1) is 0 Å². The zero-order chi connectivity index (χ0) is 22.7. The standard InChI is InChI=1S/C17H14ClN5.2C5H5.2Fe/c18-15-14-16(23(11-20-14)10-13-7-3-4-8-13)22-17(21-15)19-9-12-5-1-2-6-12;2*1-2-4-5-3-1;;/h1-8,11H,9-10H2,(H,19,21,22);2*1-5H;;/q-2;2*-1;;. The Hall–Kier alpha value is -2.92. The van der Waals surface area contributed by atoms with Gasteiger partial charge in [-0.3, -0.25) is 0 Å². The Morgan fingerprint density at radius 3 is 1.83 bits per heavy atom. The van der Waals surface area contributed by atoms with E-state index >= 15 is 0 Å². The Balaban J connectivity index is 0.000000300. The Kier molecular flexibility index (Phi) is 12.3. The van der Waals surface area contributed by atoms with Gasteiger partial charge < -0.3 is 9.88 Å². The number of fused-ring (bicyclic) bond motifs is 1. The number of hydrogen-bond donors (Lipinski definition) is 1. The quantitative estimate of drug-likeness (QED) is 0.150.